The molecule has 0 saturated heterocycles. The highest BCUT2D eigenvalue weighted by atomic mass is 16.1. The van der Waals surface area contributed by atoms with Crippen LogP contribution in [0.4, 0.5) is 0 Å². The van der Waals surface area contributed by atoms with Gasteiger partial charge in [-0.3, -0.25) is 4.79 Å². The maximum absolute atomic E-state index is 11.6. The molecule has 0 radical (unpaired) electrons. The maximum atomic E-state index is 11.6. The molecule has 2 rings (SSSR count). The Morgan fingerprint density at radius 1 is 1.24 bits per heavy atom. The first-order chi connectivity index (χ1) is 10.1. The normalized spacial score (nSPS) is 16.0. The van der Waals surface area contributed by atoms with E-state index < -0.39 is 0 Å². The lowest BCUT2D eigenvalue weighted by molar-refractivity contribution is -0.121. The molecule has 116 valence electrons. The Balaban J connectivity index is 1.72. The molecule has 1 aromatic carbocycles. The fraction of sp³-hybridized carbons (Fsp3) is 0.611. The summed E-state index contributed by atoms with van der Waals surface area (Å²) < 4.78 is 0. The van der Waals surface area contributed by atoms with Gasteiger partial charge in [0.1, 0.15) is 0 Å². The average Bonchev–Trinajstić information content (AvgIpc) is 3.26. The van der Waals surface area contributed by atoms with Crippen molar-refractivity contribution in [2.45, 2.75) is 58.0 Å². The second-order valence-corrected chi connectivity index (χ2v) is 6.49. The lowest BCUT2D eigenvalue weighted by Crippen LogP contribution is -2.28. The van der Waals surface area contributed by atoms with Crippen LogP contribution in [0.3, 0.4) is 0 Å². The van der Waals surface area contributed by atoms with Crippen molar-refractivity contribution in [2.75, 3.05) is 6.54 Å². The maximum Gasteiger partial charge on any atom is 0.220 e. The predicted molar refractivity (Wildman–Crippen MR) is 87.0 cm³/mol. The Morgan fingerprint density at radius 3 is 2.57 bits per heavy atom. The highest BCUT2D eigenvalue weighted by Gasteiger charge is 2.22. The van der Waals surface area contributed by atoms with Gasteiger partial charge in [-0.25, -0.2) is 0 Å². The van der Waals surface area contributed by atoms with E-state index in [1.807, 2.05) is 0 Å². The van der Waals surface area contributed by atoms with Crippen molar-refractivity contribution in [3.05, 3.63) is 35.9 Å². The third-order valence-electron chi connectivity index (χ3n) is 3.82. The second kappa shape index (κ2) is 8.18. The van der Waals surface area contributed by atoms with E-state index >= 15 is 0 Å². The molecule has 1 atom stereocenters. The van der Waals surface area contributed by atoms with Gasteiger partial charge in [0, 0.05) is 18.5 Å². The molecule has 0 spiro atoms. The fourth-order valence-electron chi connectivity index (χ4n) is 2.55. The third-order valence-corrected chi connectivity index (χ3v) is 3.82. The fourth-order valence-corrected chi connectivity index (χ4v) is 2.55. The van der Waals surface area contributed by atoms with Crippen molar-refractivity contribution in [1.82, 2.24) is 10.6 Å². The van der Waals surface area contributed by atoms with E-state index in [4.69, 9.17) is 0 Å². The molecular weight excluding hydrogens is 260 g/mol. The van der Waals surface area contributed by atoms with Gasteiger partial charge >= 0.3 is 0 Å². The molecule has 0 bridgehead atoms. The lowest BCUT2D eigenvalue weighted by atomic mass is 9.97. The van der Waals surface area contributed by atoms with Gasteiger partial charge in [0.05, 0.1) is 0 Å². The van der Waals surface area contributed by atoms with Crippen LogP contribution in [0.2, 0.25) is 0 Å². The van der Waals surface area contributed by atoms with Gasteiger partial charge in [-0.15, -0.1) is 0 Å². The summed E-state index contributed by atoms with van der Waals surface area (Å²) >= 11 is 0. The summed E-state index contributed by atoms with van der Waals surface area (Å²) in [5.74, 6) is 0.861. The smallest absolute Gasteiger partial charge is 0.220 e. The van der Waals surface area contributed by atoms with Crippen LogP contribution in [0.1, 0.15) is 57.6 Å². The molecule has 1 aliphatic carbocycles. The van der Waals surface area contributed by atoms with Crippen molar-refractivity contribution in [3.63, 3.8) is 0 Å². The Labute approximate surface area is 128 Å². The average molecular weight is 288 g/mol. The molecule has 0 aromatic heterocycles. The number of rotatable bonds is 9. The van der Waals surface area contributed by atoms with E-state index in [-0.39, 0.29) is 5.91 Å². The number of amides is 1. The first-order valence-corrected chi connectivity index (χ1v) is 8.23. The standard InChI is InChI=1S/C18H28N2O/c1-14(2)13-17(15-7-4-3-5-8-15)19-12-6-9-18(21)20-16-10-11-16/h3-5,7-8,14,16-17,19H,6,9-13H2,1-2H3,(H,20,21). The van der Waals surface area contributed by atoms with Crippen molar-refractivity contribution < 1.29 is 4.79 Å². The van der Waals surface area contributed by atoms with Gasteiger partial charge in [0.25, 0.3) is 0 Å². The molecule has 1 amide bonds. The zero-order chi connectivity index (χ0) is 15.1. The van der Waals surface area contributed by atoms with E-state index in [1.54, 1.807) is 0 Å². The van der Waals surface area contributed by atoms with Crippen LogP contribution in [0.25, 0.3) is 0 Å². The molecule has 1 unspecified atom stereocenters. The minimum Gasteiger partial charge on any atom is -0.353 e. The molecule has 1 saturated carbocycles. The number of benzene rings is 1. The predicted octanol–water partition coefficient (Wildman–Crippen LogP) is 3.42. The summed E-state index contributed by atoms with van der Waals surface area (Å²) in [6, 6.07) is 11.5. The molecule has 0 heterocycles. The summed E-state index contributed by atoms with van der Waals surface area (Å²) in [5.41, 5.74) is 1.34. The highest BCUT2D eigenvalue weighted by Crippen LogP contribution is 2.21. The molecule has 2 N–H and O–H groups in total. The van der Waals surface area contributed by atoms with Crippen LogP contribution in [0.15, 0.2) is 30.3 Å². The zero-order valence-electron chi connectivity index (χ0n) is 13.3. The van der Waals surface area contributed by atoms with Gasteiger partial charge in [-0.05, 0) is 43.7 Å². The van der Waals surface area contributed by atoms with E-state index in [2.05, 4.69) is 54.8 Å². The number of hydrogen-bond donors (Lipinski definition) is 2. The van der Waals surface area contributed by atoms with Gasteiger partial charge in [-0.2, -0.15) is 0 Å². The van der Waals surface area contributed by atoms with Crippen LogP contribution < -0.4 is 10.6 Å². The quantitative estimate of drug-likeness (QED) is 0.684. The molecule has 1 fully saturated rings. The Morgan fingerprint density at radius 2 is 1.95 bits per heavy atom. The van der Waals surface area contributed by atoms with Gasteiger partial charge in [0.2, 0.25) is 5.91 Å². The van der Waals surface area contributed by atoms with Crippen molar-refractivity contribution in [3.8, 4) is 0 Å². The summed E-state index contributed by atoms with van der Waals surface area (Å²) in [6.45, 7) is 5.39. The van der Waals surface area contributed by atoms with E-state index in [9.17, 15) is 4.79 Å². The second-order valence-electron chi connectivity index (χ2n) is 6.49. The van der Waals surface area contributed by atoms with Gasteiger partial charge in [0.15, 0.2) is 0 Å². The van der Waals surface area contributed by atoms with E-state index in [1.165, 1.54) is 5.56 Å². The first kappa shape index (κ1) is 16.0. The molecule has 21 heavy (non-hydrogen) atoms. The summed E-state index contributed by atoms with van der Waals surface area (Å²) in [7, 11) is 0. The van der Waals surface area contributed by atoms with Crippen molar-refractivity contribution in [1.29, 1.82) is 0 Å². The summed E-state index contributed by atoms with van der Waals surface area (Å²) in [5, 5.41) is 6.65. The minimum absolute atomic E-state index is 0.208. The SMILES string of the molecule is CC(C)CC(NCCCC(=O)NC1CC1)c1ccccc1. The van der Waals surface area contributed by atoms with E-state index in [0.29, 0.717) is 24.4 Å². The Bertz CT molecular complexity index is 426. The zero-order valence-corrected chi connectivity index (χ0v) is 13.3. The van der Waals surface area contributed by atoms with Crippen LogP contribution in [0, 0.1) is 5.92 Å². The van der Waals surface area contributed by atoms with Crippen LogP contribution in [-0.2, 0) is 4.79 Å². The van der Waals surface area contributed by atoms with Crippen LogP contribution >= 0.6 is 0 Å². The summed E-state index contributed by atoms with van der Waals surface area (Å²) in [6.07, 6.45) is 4.98. The Hall–Kier alpha value is -1.35. The Kier molecular flexibility index (Phi) is 6.24. The topological polar surface area (TPSA) is 41.1 Å². The van der Waals surface area contributed by atoms with Crippen LogP contribution in [-0.4, -0.2) is 18.5 Å². The third kappa shape index (κ3) is 6.30. The largest absolute Gasteiger partial charge is 0.353 e. The number of carbonyl (C=O) groups is 1. The lowest BCUT2D eigenvalue weighted by Gasteiger charge is -2.21. The van der Waals surface area contributed by atoms with Gasteiger partial charge < -0.3 is 10.6 Å². The van der Waals surface area contributed by atoms with Crippen molar-refractivity contribution in [2.24, 2.45) is 5.92 Å². The van der Waals surface area contributed by atoms with Gasteiger partial charge in [-0.1, -0.05) is 44.2 Å². The van der Waals surface area contributed by atoms with Crippen molar-refractivity contribution >= 4 is 5.91 Å². The van der Waals surface area contributed by atoms with E-state index in [0.717, 1.165) is 32.2 Å². The molecular formula is C18H28N2O. The summed E-state index contributed by atoms with van der Waals surface area (Å²) in [4.78, 5) is 11.6. The number of hydrogen-bond acceptors (Lipinski definition) is 2. The highest BCUT2D eigenvalue weighted by molar-refractivity contribution is 5.76. The minimum atomic E-state index is 0.208. The molecule has 1 aromatic rings. The molecule has 3 heteroatoms. The first-order valence-electron chi connectivity index (χ1n) is 8.23. The molecule has 0 aliphatic heterocycles. The number of carbonyl (C=O) groups excluding carboxylic acids is 1. The monoisotopic (exact) mass is 288 g/mol. The molecule has 3 nitrogen and oxygen atoms in total. The molecule has 1 aliphatic rings. The number of nitrogens with one attached hydrogen (secondary N) is 2. The van der Waals surface area contributed by atoms with Crippen LogP contribution in [0.5, 0.6) is 0 Å².